The van der Waals surface area contributed by atoms with Crippen molar-refractivity contribution in [1.82, 2.24) is 15.1 Å². The van der Waals surface area contributed by atoms with E-state index in [0.717, 1.165) is 35.1 Å². The van der Waals surface area contributed by atoms with Crippen molar-refractivity contribution in [3.05, 3.63) is 36.4 Å². The first-order chi connectivity index (χ1) is 13.2. The van der Waals surface area contributed by atoms with Crippen LogP contribution in [0.2, 0.25) is 0 Å². The van der Waals surface area contributed by atoms with Gasteiger partial charge in [-0.25, -0.2) is 0 Å². The molecule has 0 radical (unpaired) electrons. The van der Waals surface area contributed by atoms with Gasteiger partial charge in [-0.1, -0.05) is 19.1 Å². The fourth-order valence-corrected chi connectivity index (χ4v) is 4.94. The van der Waals surface area contributed by atoms with Gasteiger partial charge in [0.2, 0.25) is 0 Å². The second-order valence-corrected chi connectivity index (χ2v) is 9.17. The van der Waals surface area contributed by atoms with Crippen molar-refractivity contribution in [2.75, 3.05) is 36.8 Å². The van der Waals surface area contributed by atoms with Crippen molar-refractivity contribution in [3.8, 4) is 11.3 Å². The maximum atomic E-state index is 11.9. The zero-order valence-electron chi connectivity index (χ0n) is 16.0. The second kappa shape index (κ2) is 8.48. The SMILES string of the molecule is CCS(=O)c1ccc(-c2ccc(N3CCCC3CN3CCCC3)nn2)cc1. The Bertz CT molecular complexity index is 772. The van der Waals surface area contributed by atoms with Crippen LogP contribution < -0.4 is 4.90 Å². The highest BCUT2D eigenvalue weighted by Crippen LogP contribution is 2.26. The standard InChI is InChI=1S/C21H28N4OS/c1-2-27(26)19-9-7-17(8-10-19)20-11-12-21(23-22-20)25-15-5-6-18(25)16-24-13-3-4-14-24/h7-12,18H,2-6,13-16H2,1H3. The van der Waals surface area contributed by atoms with Crippen LogP contribution in [0.3, 0.4) is 0 Å². The Morgan fingerprint density at radius 3 is 2.44 bits per heavy atom. The monoisotopic (exact) mass is 384 g/mol. The van der Waals surface area contributed by atoms with Gasteiger partial charge >= 0.3 is 0 Å². The van der Waals surface area contributed by atoms with E-state index in [1.165, 1.54) is 38.8 Å². The summed E-state index contributed by atoms with van der Waals surface area (Å²) >= 11 is 0. The number of hydrogen-bond donors (Lipinski definition) is 0. The highest BCUT2D eigenvalue weighted by atomic mass is 32.2. The number of rotatable bonds is 6. The molecule has 2 fully saturated rings. The van der Waals surface area contributed by atoms with E-state index in [1.54, 1.807) is 0 Å². The highest BCUT2D eigenvalue weighted by molar-refractivity contribution is 7.85. The normalized spacial score (nSPS) is 21.7. The molecule has 0 spiro atoms. The van der Waals surface area contributed by atoms with Crippen molar-refractivity contribution in [1.29, 1.82) is 0 Å². The van der Waals surface area contributed by atoms with E-state index in [0.29, 0.717) is 11.8 Å². The quantitative estimate of drug-likeness (QED) is 0.765. The summed E-state index contributed by atoms with van der Waals surface area (Å²) in [6.45, 7) is 6.65. The van der Waals surface area contributed by atoms with Crippen molar-refractivity contribution in [2.45, 2.75) is 43.5 Å². The van der Waals surface area contributed by atoms with E-state index in [2.05, 4.69) is 32.1 Å². The van der Waals surface area contributed by atoms with Gasteiger partial charge < -0.3 is 9.80 Å². The molecule has 0 aliphatic carbocycles. The van der Waals surface area contributed by atoms with Gasteiger partial charge in [-0.05, 0) is 63.0 Å². The van der Waals surface area contributed by atoms with Crippen LogP contribution in [0, 0.1) is 0 Å². The van der Waals surface area contributed by atoms with Crippen LogP contribution >= 0.6 is 0 Å². The minimum Gasteiger partial charge on any atom is -0.351 e. The van der Waals surface area contributed by atoms with Crippen molar-refractivity contribution >= 4 is 16.6 Å². The lowest BCUT2D eigenvalue weighted by atomic mass is 10.1. The minimum absolute atomic E-state index is 0.562. The number of benzene rings is 1. The Morgan fingerprint density at radius 1 is 1.00 bits per heavy atom. The lowest BCUT2D eigenvalue weighted by Gasteiger charge is -2.29. The van der Waals surface area contributed by atoms with Crippen LogP contribution in [0.4, 0.5) is 5.82 Å². The van der Waals surface area contributed by atoms with Gasteiger partial charge in [0.05, 0.1) is 16.5 Å². The Balaban J connectivity index is 1.45. The topological polar surface area (TPSA) is 49.3 Å². The molecular weight excluding hydrogens is 356 g/mol. The zero-order chi connectivity index (χ0) is 18.6. The maximum absolute atomic E-state index is 11.9. The van der Waals surface area contributed by atoms with Crippen LogP contribution in [0.1, 0.15) is 32.6 Å². The van der Waals surface area contributed by atoms with Crippen molar-refractivity contribution < 1.29 is 4.21 Å². The molecule has 2 atom stereocenters. The number of aromatic nitrogens is 2. The molecule has 2 saturated heterocycles. The summed E-state index contributed by atoms with van der Waals surface area (Å²) in [6, 6.07) is 12.5. The molecular formula is C21H28N4OS. The first kappa shape index (κ1) is 18.6. The predicted molar refractivity (Wildman–Crippen MR) is 110 cm³/mol. The van der Waals surface area contributed by atoms with E-state index in [1.807, 2.05) is 31.2 Å². The second-order valence-electron chi connectivity index (χ2n) is 7.43. The summed E-state index contributed by atoms with van der Waals surface area (Å²) in [5, 5.41) is 9.01. The summed E-state index contributed by atoms with van der Waals surface area (Å²) in [5.41, 5.74) is 1.88. The molecule has 0 bridgehead atoms. The molecule has 0 amide bonds. The van der Waals surface area contributed by atoms with Crippen LogP contribution in [0.15, 0.2) is 41.3 Å². The average Bonchev–Trinajstić information content (AvgIpc) is 3.40. The largest absolute Gasteiger partial charge is 0.351 e. The first-order valence-corrected chi connectivity index (χ1v) is 11.4. The smallest absolute Gasteiger partial charge is 0.151 e. The van der Waals surface area contributed by atoms with E-state index in [-0.39, 0.29) is 0 Å². The number of likely N-dealkylation sites (tertiary alicyclic amines) is 1. The summed E-state index contributed by atoms with van der Waals surface area (Å²) in [7, 11) is -0.914. The molecule has 1 aromatic heterocycles. The lowest BCUT2D eigenvalue weighted by Crippen LogP contribution is -2.39. The van der Waals surface area contributed by atoms with Gasteiger partial charge in [0.25, 0.3) is 0 Å². The maximum Gasteiger partial charge on any atom is 0.151 e. The fraction of sp³-hybridized carbons (Fsp3) is 0.524. The summed E-state index contributed by atoms with van der Waals surface area (Å²) in [5.74, 6) is 1.63. The zero-order valence-corrected chi connectivity index (χ0v) is 16.8. The molecule has 0 N–H and O–H groups in total. The average molecular weight is 385 g/mol. The lowest BCUT2D eigenvalue weighted by molar-refractivity contribution is 0.313. The first-order valence-electron chi connectivity index (χ1n) is 10.1. The third-order valence-corrected chi connectivity index (χ3v) is 6.99. The predicted octanol–water partition coefficient (Wildman–Crippen LogP) is 3.34. The van der Waals surface area contributed by atoms with E-state index in [9.17, 15) is 4.21 Å². The van der Waals surface area contributed by atoms with Crippen molar-refractivity contribution in [2.24, 2.45) is 0 Å². The number of anilines is 1. The molecule has 27 heavy (non-hydrogen) atoms. The van der Waals surface area contributed by atoms with Gasteiger partial charge in [-0.15, -0.1) is 10.2 Å². The number of hydrogen-bond acceptors (Lipinski definition) is 5. The molecule has 3 heterocycles. The number of nitrogens with zero attached hydrogens (tertiary/aromatic N) is 4. The third kappa shape index (κ3) is 4.22. The summed E-state index contributed by atoms with van der Waals surface area (Å²) in [6.07, 6.45) is 5.16. The molecule has 0 saturated carbocycles. The Kier molecular flexibility index (Phi) is 5.83. The highest BCUT2D eigenvalue weighted by Gasteiger charge is 2.28. The molecule has 5 nitrogen and oxygen atoms in total. The minimum atomic E-state index is -0.914. The third-order valence-electron chi connectivity index (χ3n) is 5.66. The van der Waals surface area contributed by atoms with Gasteiger partial charge in [0.1, 0.15) is 0 Å². The summed E-state index contributed by atoms with van der Waals surface area (Å²) < 4.78 is 11.9. The van der Waals surface area contributed by atoms with E-state index >= 15 is 0 Å². The Morgan fingerprint density at radius 2 is 1.78 bits per heavy atom. The van der Waals surface area contributed by atoms with Gasteiger partial charge in [0, 0.05) is 35.3 Å². The molecule has 2 aliphatic heterocycles. The van der Waals surface area contributed by atoms with E-state index < -0.39 is 10.8 Å². The molecule has 1 aromatic carbocycles. The van der Waals surface area contributed by atoms with Crippen LogP contribution in [0.25, 0.3) is 11.3 Å². The molecule has 144 valence electrons. The van der Waals surface area contributed by atoms with E-state index in [4.69, 9.17) is 0 Å². The van der Waals surface area contributed by atoms with Crippen LogP contribution in [-0.4, -0.2) is 57.3 Å². The van der Waals surface area contributed by atoms with Gasteiger partial charge in [-0.2, -0.15) is 0 Å². The van der Waals surface area contributed by atoms with Crippen LogP contribution in [-0.2, 0) is 10.8 Å². The van der Waals surface area contributed by atoms with Crippen molar-refractivity contribution in [3.63, 3.8) is 0 Å². The Hall–Kier alpha value is -1.79. The fourth-order valence-electron chi connectivity index (χ4n) is 4.17. The molecule has 2 aliphatic rings. The molecule has 2 unspecified atom stereocenters. The molecule has 2 aromatic rings. The van der Waals surface area contributed by atoms with Crippen LogP contribution in [0.5, 0.6) is 0 Å². The molecule has 4 rings (SSSR count). The van der Waals surface area contributed by atoms with Gasteiger partial charge in [0.15, 0.2) is 5.82 Å². The Labute approximate surface area is 164 Å². The van der Waals surface area contributed by atoms with Gasteiger partial charge in [-0.3, -0.25) is 4.21 Å². The molecule has 6 heteroatoms. The summed E-state index contributed by atoms with van der Waals surface area (Å²) in [4.78, 5) is 5.89.